The van der Waals surface area contributed by atoms with E-state index in [1.807, 2.05) is 19.1 Å². The topological polar surface area (TPSA) is 39.6 Å². The molecule has 0 spiro atoms. The van der Waals surface area contributed by atoms with Gasteiger partial charge in [-0.15, -0.1) is 0 Å². The van der Waals surface area contributed by atoms with Crippen LogP contribution in [0, 0.1) is 6.92 Å². The number of aliphatic hydroxyl groups excluding tert-OH is 1. The number of anilines is 1. The van der Waals surface area contributed by atoms with Crippen LogP contribution < -0.4 is 4.90 Å². The quantitative estimate of drug-likeness (QED) is 0.895. The second-order valence-electron chi connectivity index (χ2n) is 6.28. The molecule has 1 aromatic rings. The maximum Gasteiger partial charge on any atom is 0.129 e. The van der Waals surface area contributed by atoms with Crippen molar-refractivity contribution < 1.29 is 5.11 Å². The van der Waals surface area contributed by atoms with Gasteiger partial charge in [-0.1, -0.05) is 6.42 Å². The van der Waals surface area contributed by atoms with Crippen molar-refractivity contribution in [3.8, 4) is 0 Å². The molecule has 2 aliphatic rings. The predicted molar refractivity (Wildman–Crippen MR) is 80.9 cm³/mol. The molecule has 110 valence electrons. The van der Waals surface area contributed by atoms with Crippen LogP contribution in [0.5, 0.6) is 0 Å². The Balaban J connectivity index is 1.83. The van der Waals surface area contributed by atoms with Gasteiger partial charge >= 0.3 is 0 Å². The Hall–Kier alpha value is -1.13. The number of aromatic nitrogens is 1. The number of piperidine rings is 1. The van der Waals surface area contributed by atoms with E-state index in [1.165, 1.54) is 25.8 Å². The van der Waals surface area contributed by atoms with E-state index in [2.05, 4.69) is 21.7 Å². The minimum atomic E-state index is 0.0914. The molecule has 0 aliphatic carbocycles. The van der Waals surface area contributed by atoms with Crippen LogP contribution in [0.1, 0.15) is 37.4 Å². The summed E-state index contributed by atoms with van der Waals surface area (Å²) in [4.78, 5) is 9.77. The highest BCUT2D eigenvalue weighted by molar-refractivity contribution is 5.44. The summed E-state index contributed by atoms with van der Waals surface area (Å²) in [5.74, 6) is 1.03. The standard InChI is InChI=1S/C16H25N3O/c1-12-7-14(11-20)8-16(17-12)19-10-15-5-3-4-6-18(15)9-13(19)2/h7-8,13,15,20H,3-6,9-11H2,1-2H3. The molecule has 2 fully saturated rings. The van der Waals surface area contributed by atoms with Crippen molar-refractivity contribution >= 4 is 5.82 Å². The van der Waals surface area contributed by atoms with Crippen molar-refractivity contribution in [1.82, 2.24) is 9.88 Å². The largest absolute Gasteiger partial charge is 0.392 e. The fourth-order valence-electron chi connectivity index (χ4n) is 3.63. The average molecular weight is 275 g/mol. The zero-order chi connectivity index (χ0) is 14.1. The highest BCUT2D eigenvalue weighted by Gasteiger charge is 2.33. The normalized spacial score (nSPS) is 27.4. The number of pyridine rings is 1. The van der Waals surface area contributed by atoms with Crippen LogP contribution in [-0.4, -0.2) is 46.7 Å². The first-order chi connectivity index (χ1) is 9.67. The van der Waals surface area contributed by atoms with Crippen LogP contribution >= 0.6 is 0 Å². The Morgan fingerprint density at radius 3 is 2.95 bits per heavy atom. The number of aliphatic hydroxyl groups is 1. The van der Waals surface area contributed by atoms with Gasteiger partial charge in [-0.3, -0.25) is 4.90 Å². The van der Waals surface area contributed by atoms with E-state index in [9.17, 15) is 5.11 Å². The summed E-state index contributed by atoms with van der Waals surface area (Å²) in [6.07, 6.45) is 4.01. The molecule has 1 N–H and O–H groups in total. The van der Waals surface area contributed by atoms with Crippen LogP contribution in [0.3, 0.4) is 0 Å². The van der Waals surface area contributed by atoms with Gasteiger partial charge in [0.25, 0.3) is 0 Å². The first-order valence-electron chi connectivity index (χ1n) is 7.76. The van der Waals surface area contributed by atoms with Crippen LogP contribution in [0.15, 0.2) is 12.1 Å². The SMILES string of the molecule is Cc1cc(CO)cc(N2CC3CCCCN3CC2C)n1. The van der Waals surface area contributed by atoms with Crippen molar-refractivity contribution in [1.29, 1.82) is 0 Å². The van der Waals surface area contributed by atoms with Crippen LogP contribution in [0.2, 0.25) is 0 Å². The lowest BCUT2D eigenvalue weighted by Crippen LogP contribution is -2.59. The molecule has 3 rings (SSSR count). The third-order valence-corrected chi connectivity index (χ3v) is 4.66. The molecule has 2 atom stereocenters. The summed E-state index contributed by atoms with van der Waals surface area (Å²) >= 11 is 0. The smallest absolute Gasteiger partial charge is 0.129 e. The summed E-state index contributed by atoms with van der Waals surface area (Å²) in [6.45, 7) is 7.84. The highest BCUT2D eigenvalue weighted by atomic mass is 16.3. The number of nitrogens with zero attached hydrogens (tertiary/aromatic N) is 3. The molecule has 1 aromatic heterocycles. The summed E-state index contributed by atoms with van der Waals surface area (Å²) in [5.41, 5.74) is 1.95. The minimum Gasteiger partial charge on any atom is -0.392 e. The summed E-state index contributed by atoms with van der Waals surface area (Å²) in [5, 5.41) is 9.38. The lowest BCUT2D eigenvalue weighted by atomic mass is 9.97. The Labute approximate surface area is 121 Å². The van der Waals surface area contributed by atoms with Gasteiger partial charge < -0.3 is 10.0 Å². The molecule has 4 heteroatoms. The molecule has 0 saturated carbocycles. The number of rotatable bonds is 2. The maximum absolute atomic E-state index is 9.38. The number of aryl methyl sites for hydroxylation is 1. The van der Waals surface area contributed by atoms with E-state index in [1.54, 1.807) is 0 Å². The minimum absolute atomic E-state index is 0.0914. The fraction of sp³-hybridized carbons (Fsp3) is 0.688. The van der Waals surface area contributed by atoms with Crippen LogP contribution in [0.4, 0.5) is 5.82 Å². The summed E-state index contributed by atoms with van der Waals surface area (Å²) < 4.78 is 0. The third-order valence-electron chi connectivity index (χ3n) is 4.66. The first-order valence-corrected chi connectivity index (χ1v) is 7.76. The molecule has 2 saturated heterocycles. The van der Waals surface area contributed by atoms with Crippen molar-refractivity contribution in [2.45, 2.75) is 51.8 Å². The van der Waals surface area contributed by atoms with E-state index in [0.29, 0.717) is 12.1 Å². The van der Waals surface area contributed by atoms with Gasteiger partial charge in [0.15, 0.2) is 0 Å². The van der Waals surface area contributed by atoms with E-state index >= 15 is 0 Å². The Bertz CT molecular complexity index is 477. The second kappa shape index (κ2) is 5.70. The van der Waals surface area contributed by atoms with Gasteiger partial charge in [-0.25, -0.2) is 4.98 Å². The third kappa shape index (κ3) is 2.67. The van der Waals surface area contributed by atoms with E-state index in [-0.39, 0.29) is 6.61 Å². The second-order valence-corrected chi connectivity index (χ2v) is 6.28. The summed E-state index contributed by atoms with van der Waals surface area (Å²) in [6, 6.07) is 5.18. The van der Waals surface area contributed by atoms with Crippen molar-refractivity contribution in [2.24, 2.45) is 0 Å². The molecular formula is C16H25N3O. The van der Waals surface area contributed by atoms with E-state index in [0.717, 1.165) is 30.2 Å². The number of hydrogen-bond acceptors (Lipinski definition) is 4. The first kappa shape index (κ1) is 13.8. The predicted octanol–water partition coefficient (Wildman–Crippen LogP) is 1.95. The van der Waals surface area contributed by atoms with Crippen molar-refractivity contribution in [3.63, 3.8) is 0 Å². The Morgan fingerprint density at radius 2 is 2.15 bits per heavy atom. The zero-order valence-corrected chi connectivity index (χ0v) is 12.5. The Kier molecular flexibility index (Phi) is 3.94. The van der Waals surface area contributed by atoms with E-state index in [4.69, 9.17) is 0 Å². The van der Waals surface area contributed by atoms with Gasteiger partial charge in [0, 0.05) is 30.9 Å². The zero-order valence-electron chi connectivity index (χ0n) is 12.5. The molecule has 0 radical (unpaired) electrons. The molecule has 20 heavy (non-hydrogen) atoms. The average Bonchev–Trinajstić information content (AvgIpc) is 2.45. The number of piperazine rings is 1. The van der Waals surface area contributed by atoms with Gasteiger partial charge in [-0.05, 0) is 50.9 Å². The fourth-order valence-corrected chi connectivity index (χ4v) is 3.63. The molecule has 4 nitrogen and oxygen atoms in total. The van der Waals surface area contributed by atoms with Crippen molar-refractivity contribution in [3.05, 3.63) is 23.4 Å². The lowest BCUT2D eigenvalue weighted by Gasteiger charge is -2.48. The molecule has 0 amide bonds. The number of hydrogen-bond donors (Lipinski definition) is 1. The van der Waals surface area contributed by atoms with Gasteiger partial charge in [0.2, 0.25) is 0 Å². The summed E-state index contributed by atoms with van der Waals surface area (Å²) in [7, 11) is 0. The molecule has 2 aliphatic heterocycles. The van der Waals surface area contributed by atoms with Crippen LogP contribution in [0.25, 0.3) is 0 Å². The molecular weight excluding hydrogens is 250 g/mol. The van der Waals surface area contributed by atoms with E-state index < -0.39 is 0 Å². The lowest BCUT2D eigenvalue weighted by molar-refractivity contribution is 0.115. The van der Waals surface area contributed by atoms with Gasteiger partial charge in [-0.2, -0.15) is 0 Å². The molecule has 0 aromatic carbocycles. The molecule has 0 bridgehead atoms. The van der Waals surface area contributed by atoms with Crippen LogP contribution in [-0.2, 0) is 6.61 Å². The number of fused-ring (bicyclic) bond motifs is 1. The maximum atomic E-state index is 9.38. The van der Waals surface area contributed by atoms with Gasteiger partial charge in [0.1, 0.15) is 5.82 Å². The van der Waals surface area contributed by atoms with Crippen molar-refractivity contribution in [2.75, 3.05) is 24.5 Å². The van der Waals surface area contributed by atoms with Gasteiger partial charge in [0.05, 0.1) is 6.61 Å². The Morgan fingerprint density at radius 1 is 1.30 bits per heavy atom. The molecule has 3 heterocycles. The monoisotopic (exact) mass is 275 g/mol. The molecule has 2 unspecified atom stereocenters. The highest BCUT2D eigenvalue weighted by Crippen LogP contribution is 2.27.